The molecule has 1 atom stereocenters. The smallest absolute Gasteiger partial charge is 0.244 e. The normalized spacial score (nSPS) is 15.3. The molecule has 0 unspecified atom stereocenters. The lowest BCUT2D eigenvalue weighted by atomic mass is 9.83. The van der Waals surface area contributed by atoms with E-state index < -0.39 is 0 Å². The van der Waals surface area contributed by atoms with Gasteiger partial charge in [0, 0.05) is 24.3 Å². The van der Waals surface area contributed by atoms with Crippen molar-refractivity contribution in [2.45, 2.75) is 26.7 Å². The number of H-pyrrole nitrogens is 1. The van der Waals surface area contributed by atoms with Crippen LogP contribution in [0.5, 0.6) is 5.88 Å². The molecule has 3 N–H and O–H groups in total. The van der Waals surface area contributed by atoms with Crippen LogP contribution >= 0.6 is 0 Å². The van der Waals surface area contributed by atoms with Crippen molar-refractivity contribution in [2.75, 3.05) is 18.0 Å². The fraction of sp³-hybridized carbons (Fsp3) is 0.250. The van der Waals surface area contributed by atoms with E-state index in [1.54, 1.807) is 0 Å². The zero-order valence-electron chi connectivity index (χ0n) is 17.4. The third kappa shape index (κ3) is 3.29. The molecule has 30 heavy (non-hydrogen) atoms. The number of allylic oxidation sites excluding steroid dienone is 1. The van der Waals surface area contributed by atoms with Gasteiger partial charge in [-0.1, -0.05) is 42.0 Å². The maximum Gasteiger partial charge on any atom is 0.244 e. The predicted octanol–water partition coefficient (Wildman–Crippen LogP) is 4.45. The number of aromatic nitrogens is 2. The van der Waals surface area contributed by atoms with Crippen LogP contribution in [0.3, 0.4) is 0 Å². The van der Waals surface area contributed by atoms with Gasteiger partial charge in [0.15, 0.2) is 0 Å². The maximum atomic E-state index is 9.87. The standard InChI is InChI=1S/C24H25N5O/c1-4-29(5-2)18-12-10-16(11-13-18)20-19(14-25)23(26)30-24-21(20)22(27-28-24)17-8-6-15(3)7-9-17/h6-13,20H,4-5,26H2,1-3H3,(H,27,28)/t20-/m1/s1. The van der Waals surface area contributed by atoms with Gasteiger partial charge in [0.05, 0.1) is 17.2 Å². The van der Waals surface area contributed by atoms with E-state index in [9.17, 15) is 5.26 Å². The molecule has 152 valence electrons. The first-order valence-electron chi connectivity index (χ1n) is 10.1. The van der Waals surface area contributed by atoms with Crippen molar-refractivity contribution in [1.82, 2.24) is 10.2 Å². The van der Waals surface area contributed by atoms with Crippen LogP contribution in [-0.2, 0) is 0 Å². The number of nitrogens with one attached hydrogen (secondary N) is 1. The number of nitrogens with two attached hydrogens (primary N) is 1. The zero-order valence-corrected chi connectivity index (χ0v) is 17.4. The third-order valence-electron chi connectivity index (χ3n) is 5.63. The zero-order chi connectivity index (χ0) is 21.3. The van der Waals surface area contributed by atoms with E-state index >= 15 is 0 Å². The molecule has 2 heterocycles. The molecule has 1 aliphatic rings. The van der Waals surface area contributed by atoms with Gasteiger partial charge in [-0.05, 0) is 38.5 Å². The van der Waals surface area contributed by atoms with Crippen molar-refractivity contribution in [3.05, 3.63) is 76.7 Å². The highest BCUT2D eigenvalue weighted by Crippen LogP contribution is 2.45. The number of ether oxygens (including phenoxy) is 1. The second-order valence-electron chi connectivity index (χ2n) is 7.37. The molecular formula is C24H25N5O. The number of fused-ring (bicyclic) bond motifs is 1. The molecule has 0 aliphatic carbocycles. The van der Waals surface area contributed by atoms with Crippen molar-refractivity contribution in [3.63, 3.8) is 0 Å². The molecule has 4 rings (SSSR count). The van der Waals surface area contributed by atoms with Gasteiger partial charge in [0.25, 0.3) is 0 Å². The fourth-order valence-electron chi connectivity index (χ4n) is 3.99. The number of aromatic amines is 1. The molecule has 3 aromatic rings. The van der Waals surface area contributed by atoms with Crippen LogP contribution < -0.4 is 15.4 Å². The molecule has 0 spiro atoms. The summed E-state index contributed by atoms with van der Waals surface area (Å²) in [7, 11) is 0. The lowest BCUT2D eigenvalue weighted by molar-refractivity contribution is 0.379. The Kier molecular flexibility index (Phi) is 5.20. The Labute approximate surface area is 176 Å². The van der Waals surface area contributed by atoms with E-state index in [-0.39, 0.29) is 11.8 Å². The minimum absolute atomic E-state index is 0.102. The van der Waals surface area contributed by atoms with E-state index in [1.807, 2.05) is 19.1 Å². The molecule has 0 bridgehead atoms. The van der Waals surface area contributed by atoms with E-state index in [0.717, 1.165) is 41.2 Å². The highest BCUT2D eigenvalue weighted by atomic mass is 16.5. The summed E-state index contributed by atoms with van der Waals surface area (Å²) in [5, 5.41) is 17.3. The van der Waals surface area contributed by atoms with Crippen LogP contribution in [0.1, 0.15) is 36.5 Å². The van der Waals surface area contributed by atoms with Gasteiger partial charge in [-0.15, -0.1) is 5.10 Å². The van der Waals surface area contributed by atoms with Crippen LogP contribution in [0.2, 0.25) is 0 Å². The van der Waals surface area contributed by atoms with Gasteiger partial charge in [0.2, 0.25) is 11.8 Å². The Morgan fingerprint density at radius 1 is 1.10 bits per heavy atom. The molecule has 6 nitrogen and oxygen atoms in total. The molecule has 0 amide bonds. The average Bonchev–Trinajstić information content (AvgIpc) is 3.18. The van der Waals surface area contributed by atoms with E-state index in [0.29, 0.717) is 11.5 Å². The van der Waals surface area contributed by atoms with Gasteiger partial charge in [0.1, 0.15) is 11.6 Å². The summed E-state index contributed by atoms with van der Waals surface area (Å²) in [5.74, 6) is 0.171. The second kappa shape index (κ2) is 7.96. The molecule has 1 aliphatic heterocycles. The Bertz CT molecular complexity index is 1120. The Balaban J connectivity index is 1.84. The molecule has 0 saturated heterocycles. The molecule has 1 aromatic heterocycles. The summed E-state index contributed by atoms with van der Waals surface area (Å²) in [6.45, 7) is 8.20. The number of rotatable bonds is 5. The largest absolute Gasteiger partial charge is 0.420 e. The number of anilines is 1. The van der Waals surface area contributed by atoms with Gasteiger partial charge in [-0.2, -0.15) is 5.26 Å². The first-order valence-corrected chi connectivity index (χ1v) is 10.1. The van der Waals surface area contributed by atoms with Crippen molar-refractivity contribution in [2.24, 2.45) is 5.73 Å². The maximum absolute atomic E-state index is 9.87. The van der Waals surface area contributed by atoms with Gasteiger partial charge in [-0.25, -0.2) is 0 Å². The first kappa shape index (κ1) is 19.6. The fourth-order valence-corrected chi connectivity index (χ4v) is 3.99. The van der Waals surface area contributed by atoms with Crippen molar-refractivity contribution >= 4 is 5.69 Å². The highest BCUT2D eigenvalue weighted by molar-refractivity contribution is 5.71. The molecule has 0 radical (unpaired) electrons. The topological polar surface area (TPSA) is 91.0 Å². The quantitative estimate of drug-likeness (QED) is 0.661. The van der Waals surface area contributed by atoms with Crippen molar-refractivity contribution < 1.29 is 4.74 Å². The number of hydrogen-bond donors (Lipinski definition) is 2. The van der Waals surface area contributed by atoms with E-state index in [1.165, 1.54) is 5.56 Å². The van der Waals surface area contributed by atoms with Crippen LogP contribution in [-0.4, -0.2) is 23.3 Å². The number of benzene rings is 2. The summed E-state index contributed by atoms with van der Waals surface area (Å²) in [5.41, 5.74) is 12.4. The summed E-state index contributed by atoms with van der Waals surface area (Å²) in [4.78, 5) is 2.28. The van der Waals surface area contributed by atoms with E-state index in [2.05, 4.69) is 71.4 Å². The summed E-state index contributed by atoms with van der Waals surface area (Å²) >= 11 is 0. The van der Waals surface area contributed by atoms with Crippen LogP contribution in [0.15, 0.2) is 60.0 Å². The highest BCUT2D eigenvalue weighted by Gasteiger charge is 2.35. The van der Waals surface area contributed by atoms with Crippen LogP contribution in [0.4, 0.5) is 5.69 Å². The monoisotopic (exact) mass is 399 g/mol. The van der Waals surface area contributed by atoms with Gasteiger partial charge < -0.3 is 15.4 Å². The van der Waals surface area contributed by atoms with Crippen molar-refractivity contribution in [1.29, 1.82) is 5.26 Å². The minimum Gasteiger partial charge on any atom is -0.420 e. The van der Waals surface area contributed by atoms with Crippen LogP contribution in [0, 0.1) is 18.3 Å². The summed E-state index contributed by atoms with van der Waals surface area (Å²) < 4.78 is 5.69. The second-order valence-corrected chi connectivity index (χ2v) is 7.37. The molecular weight excluding hydrogens is 374 g/mol. The first-order chi connectivity index (χ1) is 14.6. The van der Waals surface area contributed by atoms with E-state index in [4.69, 9.17) is 10.5 Å². The Hall–Kier alpha value is -3.72. The van der Waals surface area contributed by atoms with Crippen LogP contribution in [0.25, 0.3) is 11.3 Å². The lowest BCUT2D eigenvalue weighted by Crippen LogP contribution is -2.22. The number of hydrogen-bond acceptors (Lipinski definition) is 5. The average molecular weight is 399 g/mol. The molecule has 0 saturated carbocycles. The summed E-state index contributed by atoms with van der Waals surface area (Å²) in [6.07, 6.45) is 0. The SMILES string of the molecule is CCN(CC)c1ccc([C@@H]2C(C#N)=C(N)Oc3n[nH]c(-c4ccc(C)cc4)c32)cc1. The predicted molar refractivity (Wildman–Crippen MR) is 118 cm³/mol. The van der Waals surface area contributed by atoms with Gasteiger partial charge >= 0.3 is 0 Å². The Morgan fingerprint density at radius 2 is 1.77 bits per heavy atom. The number of aryl methyl sites for hydroxylation is 1. The molecule has 6 heteroatoms. The summed E-state index contributed by atoms with van der Waals surface area (Å²) in [6, 6.07) is 18.7. The number of nitrogens with zero attached hydrogens (tertiary/aromatic N) is 3. The number of nitriles is 1. The molecule has 2 aromatic carbocycles. The third-order valence-corrected chi connectivity index (χ3v) is 5.63. The molecule has 0 fully saturated rings. The lowest BCUT2D eigenvalue weighted by Gasteiger charge is -2.25. The van der Waals surface area contributed by atoms with Crippen molar-refractivity contribution in [3.8, 4) is 23.2 Å². The Morgan fingerprint density at radius 3 is 2.37 bits per heavy atom. The minimum atomic E-state index is -0.348. The van der Waals surface area contributed by atoms with Gasteiger partial charge in [-0.3, -0.25) is 5.10 Å².